The molecule has 0 spiro atoms. The van der Waals surface area contributed by atoms with Gasteiger partial charge in [0.1, 0.15) is 12.3 Å². The van der Waals surface area contributed by atoms with Gasteiger partial charge in [0, 0.05) is 11.9 Å². The summed E-state index contributed by atoms with van der Waals surface area (Å²) in [6.45, 7) is 4.24. The number of hydrogen-bond donors (Lipinski definition) is 1. The maximum Gasteiger partial charge on any atom is 0.147 e. The standard InChI is InChI=1S/C19H16N6O/c1-12(2)16-10-21-18(6-17(16)24-14-9-23-26-11-14)19-4-3-15-5-13(7-20)8-22-25(15)19/h3-6,8-12H,1-2H3,(H,21,24). The Morgan fingerprint density at radius 3 is 2.81 bits per heavy atom. The quantitative estimate of drug-likeness (QED) is 0.598. The number of rotatable bonds is 4. The maximum atomic E-state index is 9.03. The molecular weight excluding hydrogens is 328 g/mol. The SMILES string of the molecule is CC(C)c1cnc(-c2ccc3cc(C#N)cnn23)cc1Nc1cnoc1. The van der Waals surface area contributed by atoms with Crippen molar-refractivity contribution < 1.29 is 4.52 Å². The van der Waals surface area contributed by atoms with E-state index < -0.39 is 0 Å². The summed E-state index contributed by atoms with van der Waals surface area (Å²) in [5.41, 5.74) is 5.83. The zero-order chi connectivity index (χ0) is 18.1. The van der Waals surface area contributed by atoms with Crippen molar-refractivity contribution in [3.63, 3.8) is 0 Å². The summed E-state index contributed by atoms with van der Waals surface area (Å²) in [6.07, 6.45) is 6.61. The van der Waals surface area contributed by atoms with Crippen molar-refractivity contribution in [2.75, 3.05) is 5.32 Å². The molecule has 0 aromatic carbocycles. The lowest BCUT2D eigenvalue weighted by molar-refractivity contribution is 0.420. The average molecular weight is 344 g/mol. The van der Waals surface area contributed by atoms with E-state index >= 15 is 0 Å². The van der Waals surface area contributed by atoms with Crippen molar-refractivity contribution in [3.8, 4) is 17.5 Å². The molecule has 0 aliphatic carbocycles. The first-order valence-corrected chi connectivity index (χ1v) is 8.20. The van der Waals surface area contributed by atoms with Gasteiger partial charge in [0.15, 0.2) is 0 Å². The number of aromatic nitrogens is 4. The molecule has 4 heterocycles. The van der Waals surface area contributed by atoms with E-state index in [4.69, 9.17) is 9.78 Å². The van der Waals surface area contributed by atoms with E-state index in [1.165, 1.54) is 0 Å². The highest BCUT2D eigenvalue weighted by atomic mass is 16.5. The molecule has 7 nitrogen and oxygen atoms in total. The van der Waals surface area contributed by atoms with Crippen LogP contribution >= 0.6 is 0 Å². The Bertz CT molecular complexity index is 1100. The number of fused-ring (bicyclic) bond motifs is 1. The molecule has 1 N–H and O–H groups in total. The summed E-state index contributed by atoms with van der Waals surface area (Å²) in [7, 11) is 0. The van der Waals surface area contributed by atoms with Gasteiger partial charge in [-0.3, -0.25) is 4.98 Å². The molecule has 0 saturated carbocycles. The summed E-state index contributed by atoms with van der Waals surface area (Å²) < 4.78 is 6.68. The highest BCUT2D eigenvalue weighted by Gasteiger charge is 2.14. The lowest BCUT2D eigenvalue weighted by Crippen LogP contribution is -2.01. The van der Waals surface area contributed by atoms with E-state index in [1.807, 2.05) is 24.4 Å². The second-order valence-electron chi connectivity index (χ2n) is 6.26. The fraction of sp³-hybridized carbons (Fsp3) is 0.158. The largest absolute Gasteiger partial charge is 0.363 e. The van der Waals surface area contributed by atoms with Gasteiger partial charge >= 0.3 is 0 Å². The zero-order valence-electron chi connectivity index (χ0n) is 14.3. The van der Waals surface area contributed by atoms with E-state index in [0.717, 1.165) is 33.8 Å². The molecule has 0 bridgehead atoms. The third-order valence-electron chi connectivity index (χ3n) is 4.16. The molecule has 128 valence electrons. The van der Waals surface area contributed by atoms with Crippen molar-refractivity contribution in [2.45, 2.75) is 19.8 Å². The monoisotopic (exact) mass is 344 g/mol. The molecule has 0 aliphatic heterocycles. The Hall–Kier alpha value is -3.66. The summed E-state index contributed by atoms with van der Waals surface area (Å²) in [5, 5.41) is 20.5. The fourth-order valence-electron chi connectivity index (χ4n) is 2.85. The first-order chi connectivity index (χ1) is 12.7. The zero-order valence-corrected chi connectivity index (χ0v) is 14.3. The minimum atomic E-state index is 0.305. The van der Waals surface area contributed by atoms with Gasteiger partial charge in [-0.15, -0.1) is 0 Å². The van der Waals surface area contributed by atoms with Gasteiger partial charge in [-0.2, -0.15) is 10.4 Å². The normalized spacial score (nSPS) is 11.0. The Balaban J connectivity index is 1.81. The molecule has 7 heteroatoms. The van der Waals surface area contributed by atoms with Gasteiger partial charge in [-0.1, -0.05) is 19.0 Å². The maximum absolute atomic E-state index is 9.03. The highest BCUT2D eigenvalue weighted by Crippen LogP contribution is 2.31. The molecular formula is C19H16N6O. The lowest BCUT2D eigenvalue weighted by Gasteiger charge is -2.14. The molecule has 4 rings (SSSR count). The first-order valence-electron chi connectivity index (χ1n) is 8.20. The van der Waals surface area contributed by atoms with Gasteiger partial charge in [0.2, 0.25) is 0 Å². The molecule has 0 unspecified atom stereocenters. The molecule has 4 aromatic heterocycles. The molecule has 0 aliphatic rings. The van der Waals surface area contributed by atoms with Gasteiger partial charge in [-0.05, 0) is 35.7 Å². The number of pyridine rings is 1. The van der Waals surface area contributed by atoms with E-state index in [0.29, 0.717) is 11.5 Å². The van der Waals surface area contributed by atoms with Gasteiger partial charge in [-0.25, -0.2) is 4.52 Å². The second kappa shape index (κ2) is 6.33. The minimum absolute atomic E-state index is 0.305. The third-order valence-corrected chi connectivity index (χ3v) is 4.16. The van der Waals surface area contributed by atoms with Crippen LogP contribution in [-0.2, 0) is 0 Å². The summed E-state index contributed by atoms with van der Waals surface area (Å²) >= 11 is 0. The van der Waals surface area contributed by atoms with Crippen LogP contribution in [0.1, 0.15) is 30.9 Å². The lowest BCUT2D eigenvalue weighted by atomic mass is 10.0. The van der Waals surface area contributed by atoms with Crippen molar-refractivity contribution in [3.05, 3.63) is 60.2 Å². The van der Waals surface area contributed by atoms with Gasteiger partial charge < -0.3 is 9.84 Å². The number of nitrogens with one attached hydrogen (secondary N) is 1. The smallest absolute Gasteiger partial charge is 0.147 e. The van der Waals surface area contributed by atoms with Crippen LogP contribution in [0.4, 0.5) is 11.4 Å². The Morgan fingerprint density at radius 1 is 1.19 bits per heavy atom. The van der Waals surface area contributed by atoms with Crippen LogP contribution in [0.2, 0.25) is 0 Å². The van der Waals surface area contributed by atoms with Crippen LogP contribution in [0.25, 0.3) is 16.9 Å². The van der Waals surface area contributed by atoms with Crippen LogP contribution in [0, 0.1) is 11.3 Å². The Labute approximate surface area is 149 Å². The summed E-state index contributed by atoms with van der Waals surface area (Å²) in [5.74, 6) is 0.305. The molecule has 0 saturated heterocycles. The molecule has 0 fully saturated rings. The van der Waals surface area contributed by atoms with E-state index in [1.54, 1.807) is 29.2 Å². The molecule has 4 aromatic rings. The molecule has 26 heavy (non-hydrogen) atoms. The number of nitrogens with zero attached hydrogens (tertiary/aromatic N) is 5. The predicted molar refractivity (Wildman–Crippen MR) is 97.0 cm³/mol. The van der Waals surface area contributed by atoms with Crippen LogP contribution in [0.5, 0.6) is 0 Å². The number of nitriles is 1. The Kier molecular flexibility index (Phi) is 3.86. The number of hydrogen-bond acceptors (Lipinski definition) is 6. The van der Waals surface area contributed by atoms with Crippen molar-refractivity contribution in [2.24, 2.45) is 0 Å². The minimum Gasteiger partial charge on any atom is -0.363 e. The van der Waals surface area contributed by atoms with Gasteiger partial charge in [0.05, 0.1) is 40.5 Å². The van der Waals surface area contributed by atoms with Crippen LogP contribution in [0.3, 0.4) is 0 Å². The number of anilines is 2. The third kappa shape index (κ3) is 2.78. The van der Waals surface area contributed by atoms with E-state index in [-0.39, 0.29) is 0 Å². The molecule has 0 atom stereocenters. The van der Waals surface area contributed by atoms with Crippen LogP contribution in [-0.4, -0.2) is 19.8 Å². The second-order valence-corrected chi connectivity index (χ2v) is 6.26. The van der Waals surface area contributed by atoms with E-state index in [2.05, 4.69) is 40.5 Å². The molecule has 0 radical (unpaired) electrons. The summed E-state index contributed by atoms with van der Waals surface area (Å²) in [4.78, 5) is 4.62. The van der Waals surface area contributed by atoms with Crippen LogP contribution in [0.15, 0.2) is 53.6 Å². The van der Waals surface area contributed by atoms with Crippen LogP contribution < -0.4 is 5.32 Å². The molecule has 0 amide bonds. The van der Waals surface area contributed by atoms with E-state index in [9.17, 15) is 0 Å². The summed E-state index contributed by atoms with van der Waals surface area (Å²) in [6, 6.07) is 9.77. The highest BCUT2D eigenvalue weighted by molar-refractivity contribution is 5.71. The van der Waals surface area contributed by atoms with Crippen molar-refractivity contribution in [1.29, 1.82) is 5.26 Å². The fourth-order valence-corrected chi connectivity index (χ4v) is 2.85. The topological polar surface area (TPSA) is 92.0 Å². The van der Waals surface area contributed by atoms with Gasteiger partial charge in [0.25, 0.3) is 0 Å². The van der Waals surface area contributed by atoms with Crippen molar-refractivity contribution in [1.82, 2.24) is 19.8 Å². The Morgan fingerprint density at radius 2 is 2.08 bits per heavy atom. The van der Waals surface area contributed by atoms with Crippen molar-refractivity contribution >= 4 is 16.9 Å². The first kappa shape index (κ1) is 15.8. The predicted octanol–water partition coefficient (Wildman–Crippen LogP) is 4.12. The average Bonchev–Trinajstić information content (AvgIpc) is 3.30.